The number of nitrogens with one attached hydrogen (secondary N) is 4. The summed E-state index contributed by atoms with van der Waals surface area (Å²) in [5.74, 6) is -1.59. The Hall–Kier alpha value is -3.00. The van der Waals surface area contributed by atoms with Crippen LogP contribution in [0.1, 0.15) is 48.2 Å². The summed E-state index contributed by atoms with van der Waals surface area (Å²) in [4.78, 5) is 26.6. The molecule has 0 amide bonds. The van der Waals surface area contributed by atoms with Gasteiger partial charge in [-0.15, -0.1) is 11.3 Å². The number of hydrogen-bond acceptors (Lipinski definition) is 9. The lowest BCUT2D eigenvalue weighted by Gasteiger charge is -2.15. The van der Waals surface area contributed by atoms with E-state index < -0.39 is 33.0 Å². The number of hydroxylamine groups is 1. The minimum Gasteiger partial charge on any atom is -0.497 e. The minimum atomic E-state index is -4.07. The van der Waals surface area contributed by atoms with Gasteiger partial charge < -0.3 is 21.0 Å². The Balaban J connectivity index is 2.35. The Bertz CT molecular complexity index is 1170. The number of rotatable bonds is 12. The van der Waals surface area contributed by atoms with Crippen molar-refractivity contribution in [2.45, 2.75) is 50.0 Å². The Labute approximate surface area is 208 Å². The van der Waals surface area contributed by atoms with Crippen LogP contribution in [0.15, 0.2) is 35.2 Å². The van der Waals surface area contributed by atoms with Gasteiger partial charge in [-0.3, -0.25) is 19.7 Å². The number of ether oxygens (including phenoxy) is 1. The smallest absolute Gasteiger partial charge is 0.261 e. The second-order valence-corrected chi connectivity index (χ2v) is 11.5. The molecule has 1 aromatic carbocycles. The van der Waals surface area contributed by atoms with Crippen molar-refractivity contribution in [3.05, 3.63) is 40.1 Å². The van der Waals surface area contributed by atoms with Crippen molar-refractivity contribution in [2.24, 2.45) is 5.73 Å². The van der Waals surface area contributed by atoms with Crippen molar-refractivity contribution in [3.63, 3.8) is 0 Å². The van der Waals surface area contributed by atoms with Gasteiger partial charge in [0.25, 0.3) is 10.0 Å². The van der Waals surface area contributed by atoms with Gasteiger partial charge in [0.1, 0.15) is 10.6 Å². The van der Waals surface area contributed by atoms with E-state index in [1.54, 1.807) is 6.07 Å². The number of guanidine groups is 1. The van der Waals surface area contributed by atoms with Gasteiger partial charge in [-0.1, -0.05) is 20.8 Å². The fraction of sp³-hybridized carbons (Fsp3) is 0.409. The number of sulfonamides is 1. The zero-order valence-electron chi connectivity index (χ0n) is 20.0. The fourth-order valence-electron chi connectivity index (χ4n) is 3.02. The lowest BCUT2D eigenvalue weighted by Crippen LogP contribution is -2.40. The first-order chi connectivity index (χ1) is 16.3. The zero-order valence-corrected chi connectivity index (χ0v) is 21.6. The zero-order chi connectivity index (χ0) is 26.4. The molecule has 7 N–H and O–H groups in total. The average Bonchev–Trinajstić information content (AvgIpc) is 3.21. The molecule has 13 heteroatoms. The number of ketones is 2. The van der Waals surface area contributed by atoms with Gasteiger partial charge in [-0.05, 0) is 48.6 Å². The molecule has 0 radical (unpaired) electrons. The largest absolute Gasteiger partial charge is 0.497 e. The Morgan fingerprint density at radius 1 is 1.23 bits per heavy atom. The van der Waals surface area contributed by atoms with Crippen LogP contribution in [0, 0.1) is 5.41 Å². The number of carbonyl (C=O) groups is 2. The van der Waals surface area contributed by atoms with Crippen LogP contribution in [0.4, 0.5) is 5.69 Å². The van der Waals surface area contributed by atoms with Crippen molar-refractivity contribution < 1.29 is 28.0 Å². The number of anilines is 1. The van der Waals surface area contributed by atoms with E-state index in [1.165, 1.54) is 31.4 Å². The van der Waals surface area contributed by atoms with Crippen molar-refractivity contribution in [2.75, 3.05) is 18.4 Å². The summed E-state index contributed by atoms with van der Waals surface area (Å²) < 4.78 is 33.5. The van der Waals surface area contributed by atoms with Crippen molar-refractivity contribution in [3.8, 4) is 5.75 Å². The molecule has 35 heavy (non-hydrogen) atoms. The molecule has 2 rings (SSSR count). The predicted octanol–water partition coefficient (Wildman–Crippen LogP) is 2.22. The van der Waals surface area contributed by atoms with Crippen LogP contribution >= 0.6 is 11.3 Å². The molecule has 192 valence electrons. The maximum atomic E-state index is 13.1. The maximum absolute atomic E-state index is 13.1. The highest BCUT2D eigenvalue weighted by Crippen LogP contribution is 2.37. The van der Waals surface area contributed by atoms with E-state index in [0.29, 0.717) is 17.0 Å². The van der Waals surface area contributed by atoms with Gasteiger partial charge in [0.15, 0.2) is 5.96 Å². The molecule has 0 saturated carbocycles. The van der Waals surface area contributed by atoms with Crippen LogP contribution in [-0.4, -0.2) is 50.8 Å². The quantitative estimate of drug-likeness (QED) is 0.0604. The molecule has 0 saturated heterocycles. The lowest BCUT2D eigenvalue weighted by molar-refractivity contribution is -0.119. The summed E-state index contributed by atoms with van der Waals surface area (Å²) in [5.41, 5.74) is 6.64. The van der Waals surface area contributed by atoms with Crippen molar-refractivity contribution in [1.82, 2.24) is 10.8 Å². The van der Waals surface area contributed by atoms with Crippen molar-refractivity contribution in [1.29, 1.82) is 5.41 Å². The number of nitrogens with two attached hydrogens (primary N) is 1. The number of methoxy groups -OCH3 is 1. The Morgan fingerprint density at radius 2 is 1.86 bits per heavy atom. The van der Waals surface area contributed by atoms with Crippen LogP contribution < -0.4 is 26.0 Å². The van der Waals surface area contributed by atoms with Gasteiger partial charge in [0.05, 0.1) is 23.7 Å². The third-order valence-corrected chi connectivity index (χ3v) is 7.91. The minimum absolute atomic E-state index is 0.0102. The molecule has 0 aliphatic carbocycles. The molecular weight excluding hydrogens is 494 g/mol. The first-order valence-electron chi connectivity index (χ1n) is 10.7. The summed E-state index contributed by atoms with van der Waals surface area (Å²) in [6.45, 7) is 5.97. The standard InChI is InChI=1S/C22H31N5O6S2/c1-22(2,3)17-12-16(27-35(31,32)14-9-7-13(33-4)8-10-14)20(34-17)19(29)18(28)15(26-30)6-5-11-25-21(23)24/h7-10,12,15,26-27,30H,5-6,11H2,1-4H3,(H4,23,24,25)/t15-/m0/s1. The third-order valence-electron chi connectivity index (χ3n) is 4.97. The average molecular weight is 526 g/mol. The van der Waals surface area contributed by atoms with Crippen LogP contribution in [0.25, 0.3) is 0 Å². The van der Waals surface area contributed by atoms with Crippen LogP contribution in [0.2, 0.25) is 0 Å². The summed E-state index contributed by atoms with van der Waals surface area (Å²) >= 11 is 1.02. The van der Waals surface area contributed by atoms with E-state index >= 15 is 0 Å². The number of hydrogen-bond donors (Lipinski definition) is 6. The first-order valence-corrected chi connectivity index (χ1v) is 13.0. The summed E-state index contributed by atoms with van der Waals surface area (Å²) in [5, 5.41) is 19.2. The topological polar surface area (TPSA) is 184 Å². The van der Waals surface area contributed by atoms with E-state index in [9.17, 15) is 23.2 Å². The SMILES string of the molecule is COc1ccc(S(=O)(=O)Nc2cc(C(C)(C)C)sc2C(=O)C(=O)[C@H](CCCNC(=N)N)NO)cc1. The molecular formula is C22H31N5O6S2. The fourth-order valence-corrected chi connectivity index (χ4v) is 5.26. The highest BCUT2D eigenvalue weighted by molar-refractivity contribution is 7.92. The number of benzene rings is 1. The molecule has 1 aromatic heterocycles. The summed E-state index contributed by atoms with van der Waals surface area (Å²) in [7, 11) is -2.61. The first kappa shape index (κ1) is 28.2. The molecule has 0 spiro atoms. The van der Waals surface area contributed by atoms with E-state index in [2.05, 4.69) is 10.0 Å². The van der Waals surface area contributed by atoms with E-state index in [1.807, 2.05) is 26.3 Å². The van der Waals surface area contributed by atoms with Crippen LogP contribution in [0.3, 0.4) is 0 Å². The lowest BCUT2D eigenvalue weighted by atomic mass is 9.94. The third kappa shape index (κ3) is 7.49. The van der Waals surface area contributed by atoms with Crippen molar-refractivity contribution >= 4 is 44.6 Å². The molecule has 11 nitrogen and oxygen atoms in total. The number of thiophene rings is 1. The number of Topliss-reactive ketones (excluding diaryl/α,β-unsaturated/α-hetero) is 2. The molecule has 0 fully saturated rings. The highest BCUT2D eigenvalue weighted by atomic mass is 32.2. The molecule has 0 aliphatic rings. The Morgan fingerprint density at radius 3 is 2.37 bits per heavy atom. The summed E-state index contributed by atoms with van der Waals surface area (Å²) in [6, 6.07) is 6.07. The van der Waals surface area contributed by atoms with Gasteiger partial charge >= 0.3 is 0 Å². The van der Waals surface area contributed by atoms with Gasteiger partial charge in [-0.25, -0.2) is 8.42 Å². The number of carbonyl (C=O) groups excluding carboxylic acids is 2. The van der Waals surface area contributed by atoms with E-state index in [-0.39, 0.29) is 34.4 Å². The summed E-state index contributed by atoms with van der Waals surface area (Å²) in [6.07, 6.45) is 0.428. The maximum Gasteiger partial charge on any atom is 0.261 e. The van der Waals surface area contributed by atoms with Gasteiger partial charge in [-0.2, -0.15) is 5.48 Å². The van der Waals surface area contributed by atoms with Crippen LogP contribution in [-0.2, 0) is 20.2 Å². The van der Waals surface area contributed by atoms with Gasteiger partial charge in [0.2, 0.25) is 11.6 Å². The molecule has 1 atom stereocenters. The molecule has 0 bridgehead atoms. The molecule has 0 aliphatic heterocycles. The van der Waals surface area contributed by atoms with E-state index in [0.717, 1.165) is 11.3 Å². The van der Waals surface area contributed by atoms with Gasteiger partial charge in [0, 0.05) is 11.4 Å². The molecule has 0 unspecified atom stereocenters. The van der Waals surface area contributed by atoms with Crippen LogP contribution in [0.5, 0.6) is 5.75 Å². The second kappa shape index (κ2) is 11.6. The Kier molecular flexibility index (Phi) is 9.38. The normalized spacial score (nSPS) is 12.6. The predicted molar refractivity (Wildman–Crippen MR) is 134 cm³/mol. The molecule has 1 heterocycles. The molecule has 2 aromatic rings. The second-order valence-electron chi connectivity index (χ2n) is 8.74. The monoisotopic (exact) mass is 525 g/mol. The highest BCUT2D eigenvalue weighted by Gasteiger charge is 2.32. The van der Waals surface area contributed by atoms with E-state index in [4.69, 9.17) is 15.9 Å².